The lowest BCUT2D eigenvalue weighted by molar-refractivity contribution is -0.122. The molecule has 34 heavy (non-hydrogen) atoms. The SMILES string of the molecule is Cc1ccc(C(C)C)c(Oc2ccc(NC(=O)[C@H]3CC(=O)N(c4ccc(C)c(C)c4)C3)cc2)c1. The van der Waals surface area contributed by atoms with Crippen molar-refractivity contribution in [2.75, 3.05) is 16.8 Å². The van der Waals surface area contributed by atoms with Gasteiger partial charge < -0.3 is 15.0 Å². The van der Waals surface area contributed by atoms with Crippen molar-refractivity contribution in [3.63, 3.8) is 0 Å². The molecule has 5 heteroatoms. The predicted molar refractivity (Wildman–Crippen MR) is 137 cm³/mol. The molecule has 1 aliphatic heterocycles. The highest BCUT2D eigenvalue weighted by molar-refractivity contribution is 6.03. The van der Waals surface area contributed by atoms with Crippen molar-refractivity contribution in [3.05, 3.63) is 82.9 Å². The van der Waals surface area contributed by atoms with Crippen LogP contribution in [0.15, 0.2) is 60.7 Å². The Labute approximate surface area is 201 Å². The van der Waals surface area contributed by atoms with E-state index in [1.165, 1.54) is 5.56 Å². The van der Waals surface area contributed by atoms with E-state index in [0.29, 0.717) is 23.9 Å². The molecule has 1 heterocycles. The van der Waals surface area contributed by atoms with Gasteiger partial charge in [-0.1, -0.05) is 32.0 Å². The third kappa shape index (κ3) is 5.14. The van der Waals surface area contributed by atoms with Crippen LogP contribution in [0.1, 0.15) is 48.4 Å². The Morgan fingerprint density at radius 3 is 2.38 bits per heavy atom. The van der Waals surface area contributed by atoms with Crippen LogP contribution >= 0.6 is 0 Å². The van der Waals surface area contributed by atoms with Crippen molar-refractivity contribution < 1.29 is 14.3 Å². The highest BCUT2D eigenvalue weighted by Crippen LogP contribution is 2.32. The Morgan fingerprint density at radius 1 is 0.971 bits per heavy atom. The summed E-state index contributed by atoms with van der Waals surface area (Å²) in [5.41, 5.74) is 6.14. The first-order valence-electron chi connectivity index (χ1n) is 11.8. The number of carbonyl (C=O) groups is 2. The monoisotopic (exact) mass is 456 g/mol. The van der Waals surface area contributed by atoms with Crippen molar-refractivity contribution in [3.8, 4) is 11.5 Å². The largest absolute Gasteiger partial charge is 0.457 e. The van der Waals surface area contributed by atoms with Gasteiger partial charge in [0, 0.05) is 24.3 Å². The van der Waals surface area contributed by atoms with E-state index in [4.69, 9.17) is 4.74 Å². The minimum Gasteiger partial charge on any atom is -0.457 e. The van der Waals surface area contributed by atoms with Gasteiger partial charge in [-0.3, -0.25) is 9.59 Å². The molecule has 0 radical (unpaired) electrons. The molecule has 1 fully saturated rings. The fourth-order valence-corrected chi connectivity index (χ4v) is 4.21. The standard InChI is InChI=1S/C29H32N2O3/c1-18(2)26-13-6-19(3)14-27(26)34-25-11-8-23(9-12-25)30-29(33)22-16-28(32)31(17-22)24-10-7-20(4)21(5)15-24/h6-15,18,22H,16-17H2,1-5H3,(H,30,33)/t22-/m0/s1. The summed E-state index contributed by atoms with van der Waals surface area (Å²) in [6.45, 7) is 10.8. The zero-order valence-corrected chi connectivity index (χ0v) is 20.5. The predicted octanol–water partition coefficient (Wildman–Crippen LogP) is 6.52. The second-order valence-electron chi connectivity index (χ2n) is 9.49. The number of hydrogen-bond donors (Lipinski definition) is 1. The Bertz CT molecular complexity index is 1210. The molecule has 0 bridgehead atoms. The van der Waals surface area contributed by atoms with Crippen LogP contribution in [0.5, 0.6) is 11.5 Å². The van der Waals surface area contributed by atoms with Crippen molar-refractivity contribution in [2.45, 2.75) is 47.0 Å². The molecule has 1 saturated heterocycles. The summed E-state index contributed by atoms with van der Waals surface area (Å²) in [6.07, 6.45) is 0.214. The number of aryl methyl sites for hydroxylation is 3. The molecule has 1 N–H and O–H groups in total. The van der Waals surface area contributed by atoms with Gasteiger partial charge in [-0.2, -0.15) is 0 Å². The highest BCUT2D eigenvalue weighted by atomic mass is 16.5. The van der Waals surface area contributed by atoms with E-state index in [9.17, 15) is 9.59 Å². The van der Waals surface area contributed by atoms with Gasteiger partial charge in [0.05, 0.1) is 5.92 Å². The van der Waals surface area contributed by atoms with Gasteiger partial charge in [-0.15, -0.1) is 0 Å². The van der Waals surface area contributed by atoms with Crippen molar-refractivity contribution in [1.29, 1.82) is 0 Å². The molecule has 0 saturated carbocycles. The molecule has 1 aliphatic rings. The second-order valence-corrected chi connectivity index (χ2v) is 9.49. The average molecular weight is 457 g/mol. The summed E-state index contributed by atoms with van der Waals surface area (Å²) in [6, 6.07) is 19.6. The van der Waals surface area contributed by atoms with Crippen LogP contribution < -0.4 is 15.0 Å². The maximum Gasteiger partial charge on any atom is 0.229 e. The van der Waals surface area contributed by atoms with E-state index in [1.54, 1.807) is 4.90 Å². The molecular formula is C29H32N2O3. The fourth-order valence-electron chi connectivity index (χ4n) is 4.21. The summed E-state index contributed by atoms with van der Waals surface area (Å²) in [7, 11) is 0. The molecule has 4 rings (SSSR count). The molecule has 0 aliphatic carbocycles. The van der Waals surface area contributed by atoms with Crippen LogP contribution in [0.4, 0.5) is 11.4 Å². The Kier molecular flexibility index (Phi) is 6.73. The molecule has 3 aromatic carbocycles. The van der Waals surface area contributed by atoms with E-state index in [-0.39, 0.29) is 24.2 Å². The fraction of sp³-hybridized carbons (Fsp3) is 0.310. The van der Waals surface area contributed by atoms with Crippen molar-refractivity contribution >= 4 is 23.2 Å². The quantitative estimate of drug-likeness (QED) is 0.459. The van der Waals surface area contributed by atoms with Crippen LogP contribution in [-0.4, -0.2) is 18.4 Å². The first-order chi connectivity index (χ1) is 16.2. The minimum atomic E-state index is -0.383. The van der Waals surface area contributed by atoms with Gasteiger partial charge in [0.25, 0.3) is 0 Å². The van der Waals surface area contributed by atoms with Gasteiger partial charge in [0.15, 0.2) is 0 Å². The summed E-state index contributed by atoms with van der Waals surface area (Å²) in [4.78, 5) is 27.2. The van der Waals surface area contributed by atoms with E-state index < -0.39 is 0 Å². The van der Waals surface area contributed by atoms with Gasteiger partial charge in [-0.05, 0) is 91.4 Å². The first-order valence-corrected chi connectivity index (χ1v) is 11.8. The van der Waals surface area contributed by atoms with Crippen LogP contribution in [0.25, 0.3) is 0 Å². The number of anilines is 2. The number of nitrogens with one attached hydrogen (secondary N) is 1. The Balaban J connectivity index is 1.40. The molecule has 5 nitrogen and oxygen atoms in total. The average Bonchev–Trinajstić information content (AvgIpc) is 3.18. The number of amides is 2. The molecule has 2 amide bonds. The number of hydrogen-bond acceptors (Lipinski definition) is 3. The third-order valence-electron chi connectivity index (χ3n) is 6.44. The zero-order valence-electron chi connectivity index (χ0n) is 20.5. The summed E-state index contributed by atoms with van der Waals surface area (Å²) in [5, 5.41) is 2.95. The van der Waals surface area contributed by atoms with Crippen LogP contribution in [-0.2, 0) is 9.59 Å². The maximum atomic E-state index is 12.9. The van der Waals surface area contributed by atoms with Gasteiger partial charge >= 0.3 is 0 Å². The maximum absolute atomic E-state index is 12.9. The summed E-state index contributed by atoms with van der Waals surface area (Å²) in [5.74, 6) is 1.36. The lowest BCUT2D eigenvalue weighted by atomic mass is 10.0. The van der Waals surface area contributed by atoms with E-state index in [0.717, 1.165) is 28.1 Å². The van der Waals surface area contributed by atoms with Gasteiger partial charge in [-0.25, -0.2) is 0 Å². The Hall–Kier alpha value is -3.60. The zero-order chi connectivity index (χ0) is 24.4. The van der Waals surface area contributed by atoms with Gasteiger partial charge in [0.2, 0.25) is 11.8 Å². The number of nitrogens with zero attached hydrogens (tertiary/aromatic N) is 1. The third-order valence-corrected chi connectivity index (χ3v) is 6.44. The van der Waals surface area contributed by atoms with Crippen molar-refractivity contribution in [1.82, 2.24) is 0 Å². The first kappa shape index (κ1) is 23.6. The van der Waals surface area contributed by atoms with E-state index in [1.807, 2.05) is 69.3 Å². The number of ether oxygens (including phenoxy) is 1. The molecule has 0 spiro atoms. The molecule has 0 unspecified atom stereocenters. The molecule has 1 atom stereocenters. The lowest BCUT2D eigenvalue weighted by Crippen LogP contribution is -2.28. The number of rotatable bonds is 6. The van der Waals surface area contributed by atoms with Gasteiger partial charge in [0.1, 0.15) is 11.5 Å². The minimum absolute atomic E-state index is 0.0220. The van der Waals surface area contributed by atoms with Crippen LogP contribution in [0.3, 0.4) is 0 Å². The van der Waals surface area contributed by atoms with Crippen LogP contribution in [0.2, 0.25) is 0 Å². The lowest BCUT2D eigenvalue weighted by Gasteiger charge is -2.18. The molecular weight excluding hydrogens is 424 g/mol. The smallest absolute Gasteiger partial charge is 0.229 e. The molecule has 176 valence electrons. The highest BCUT2D eigenvalue weighted by Gasteiger charge is 2.35. The van der Waals surface area contributed by atoms with E-state index >= 15 is 0 Å². The normalized spacial score (nSPS) is 15.6. The topological polar surface area (TPSA) is 58.6 Å². The Morgan fingerprint density at radius 2 is 1.71 bits per heavy atom. The second kappa shape index (κ2) is 9.72. The summed E-state index contributed by atoms with van der Waals surface area (Å²) < 4.78 is 6.14. The number of benzene rings is 3. The molecule has 3 aromatic rings. The van der Waals surface area contributed by atoms with Crippen molar-refractivity contribution in [2.24, 2.45) is 5.92 Å². The van der Waals surface area contributed by atoms with Crippen LogP contribution in [0, 0.1) is 26.7 Å². The van der Waals surface area contributed by atoms with E-state index in [2.05, 4.69) is 31.3 Å². The molecule has 0 aromatic heterocycles. The summed E-state index contributed by atoms with van der Waals surface area (Å²) >= 11 is 0. The number of carbonyl (C=O) groups excluding carboxylic acids is 2.